The van der Waals surface area contributed by atoms with Gasteiger partial charge in [-0.05, 0) is 0 Å². The molecular formula is C30H42O21. The first kappa shape index (κ1) is 45.7. The number of hydrogen-bond acceptors (Lipinski definition) is 21. The monoisotopic (exact) mass is 738 g/mol. The van der Waals surface area contributed by atoms with Crippen LogP contribution in [-0.4, -0.2) is 122 Å². The summed E-state index contributed by atoms with van der Waals surface area (Å²) < 4.78 is 57.5. The molecule has 0 aromatic rings. The van der Waals surface area contributed by atoms with Gasteiger partial charge in [-0.1, -0.05) is 0 Å². The van der Waals surface area contributed by atoms with Crippen LogP contribution in [0.4, 0.5) is 0 Å². The molecule has 21 heteroatoms. The Morgan fingerprint density at radius 1 is 0.314 bits per heavy atom. The standard InChI is InChI=1S/C30H42O21/c1-13(31)41-11-23(43-15(3)33)25(44-16(4)34)28(47-19(7)37)30(50-22(10)40)51-24(12-42-14(2)32)26(45-17(5)35)27(46-18(6)36)29(48-20(8)38)49-21(9)39/h23-30H,11-12H2,1-10H3/t23-,24+,25+,26-,27+,28-,30?/m0/s1. The Morgan fingerprint density at radius 2 is 0.588 bits per heavy atom. The molecule has 0 N–H and O–H groups in total. The van der Waals surface area contributed by atoms with Gasteiger partial charge in [0.05, 0.1) is 0 Å². The number of hydrogen-bond donors (Lipinski definition) is 0. The lowest BCUT2D eigenvalue weighted by atomic mass is 10.0. The summed E-state index contributed by atoms with van der Waals surface area (Å²) in [6.07, 6.45) is -16.6. The highest BCUT2D eigenvalue weighted by Crippen LogP contribution is 2.26. The summed E-state index contributed by atoms with van der Waals surface area (Å²) in [7, 11) is 0. The highest BCUT2D eigenvalue weighted by Gasteiger charge is 2.50. The first-order valence-corrected chi connectivity index (χ1v) is 14.8. The van der Waals surface area contributed by atoms with Gasteiger partial charge in [0.25, 0.3) is 6.29 Å². The molecule has 0 saturated carbocycles. The van der Waals surface area contributed by atoms with Crippen LogP contribution < -0.4 is 0 Å². The highest BCUT2D eigenvalue weighted by atomic mass is 16.8. The van der Waals surface area contributed by atoms with E-state index in [-0.39, 0.29) is 0 Å². The Kier molecular flexibility index (Phi) is 20.0. The Hall–Kier alpha value is -5.34. The maximum absolute atomic E-state index is 12.4. The average Bonchev–Trinajstić information content (AvgIpc) is 2.94. The minimum absolute atomic E-state index is 0.814. The maximum Gasteiger partial charge on any atom is 0.305 e. The zero-order chi connectivity index (χ0) is 39.6. The summed E-state index contributed by atoms with van der Waals surface area (Å²) in [6, 6.07) is 0. The molecule has 0 aliphatic rings. The van der Waals surface area contributed by atoms with Gasteiger partial charge in [-0.25, -0.2) is 0 Å². The van der Waals surface area contributed by atoms with E-state index in [9.17, 15) is 47.9 Å². The van der Waals surface area contributed by atoms with Crippen molar-refractivity contribution in [3.8, 4) is 0 Å². The molecule has 0 rings (SSSR count). The SMILES string of the molecule is CC(=O)OC[C@H](OC(C)=O)[C@@H](OC(C)=O)[C@H](OC(C)=O)C(OC(C)=O)O[C@H](COC(C)=O)[C@H](OC(C)=O)[C@@H](OC(C)=O)C(OC(C)=O)OC(C)=O. The molecule has 0 aromatic carbocycles. The first-order chi connectivity index (χ1) is 23.5. The third kappa shape index (κ3) is 19.4. The van der Waals surface area contributed by atoms with E-state index >= 15 is 0 Å². The molecule has 7 atom stereocenters. The van der Waals surface area contributed by atoms with Gasteiger partial charge in [-0.15, -0.1) is 0 Å². The van der Waals surface area contributed by atoms with Crippen LogP contribution in [0, 0.1) is 0 Å². The molecule has 0 spiro atoms. The van der Waals surface area contributed by atoms with Gasteiger partial charge >= 0.3 is 59.7 Å². The molecule has 0 heterocycles. The summed E-state index contributed by atoms with van der Waals surface area (Å²) in [5.41, 5.74) is 0. The predicted molar refractivity (Wildman–Crippen MR) is 159 cm³/mol. The van der Waals surface area contributed by atoms with Gasteiger partial charge in [0, 0.05) is 69.2 Å². The lowest BCUT2D eigenvalue weighted by Gasteiger charge is -2.39. The molecule has 0 aromatic heterocycles. The third-order valence-corrected chi connectivity index (χ3v) is 5.50. The van der Waals surface area contributed by atoms with E-state index in [0.29, 0.717) is 0 Å². The molecule has 1 unspecified atom stereocenters. The van der Waals surface area contributed by atoms with Crippen molar-refractivity contribution in [1.82, 2.24) is 0 Å². The number of ether oxygens (including phenoxy) is 11. The quantitative estimate of drug-likeness (QED) is 0.0864. The van der Waals surface area contributed by atoms with E-state index < -0.39 is 122 Å². The fourth-order valence-electron chi connectivity index (χ4n) is 4.04. The van der Waals surface area contributed by atoms with E-state index in [4.69, 9.17) is 52.1 Å². The number of esters is 10. The Bertz CT molecular complexity index is 1270. The van der Waals surface area contributed by atoms with E-state index in [1.165, 1.54) is 0 Å². The van der Waals surface area contributed by atoms with Crippen molar-refractivity contribution in [3.63, 3.8) is 0 Å². The zero-order valence-electron chi connectivity index (χ0n) is 29.6. The van der Waals surface area contributed by atoms with Crippen molar-refractivity contribution >= 4 is 59.7 Å². The Balaban J connectivity index is 7.75. The maximum atomic E-state index is 12.4. The normalized spacial score (nSPS) is 14.7. The third-order valence-electron chi connectivity index (χ3n) is 5.50. The van der Waals surface area contributed by atoms with Crippen LogP contribution in [0.15, 0.2) is 0 Å². The lowest BCUT2D eigenvalue weighted by molar-refractivity contribution is -0.277. The summed E-state index contributed by atoms with van der Waals surface area (Å²) in [6.45, 7) is 7.23. The van der Waals surface area contributed by atoms with Gasteiger partial charge in [0.15, 0.2) is 18.3 Å². The van der Waals surface area contributed by atoms with E-state index in [1.54, 1.807) is 0 Å². The van der Waals surface area contributed by atoms with Gasteiger partial charge < -0.3 is 52.1 Å². The lowest BCUT2D eigenvalue weighted by Crippen LogP contribution is -2.58. The largest absolute Gasteiger partial charge is 0.463 e. The van der Waals surface area contributed by atoms with E-state index in [2.05, 4.69) is 0 Å². The molecule has 0 saturated heterocycles. The molecule has 0 bridgehead atoms. The Morgan fingerprint density at radius 3 is 0.922 bits per heavy atom. The number of carbonyl (C=O) groups is 10. The second kappa shape index (κ2) is 22.4. The summed E-state index contributed by atoms with van der Waals surface area (Å²) in [5, 5.41) is 0. The highest BCUT2D eigenvalue weighted by molar-refractivity contribution is 5.71. The topological polar surface area (TPSA) is 272 Å². The van der Waals surface area contributed by atoms with Crippen LogP contribution in [0.2, 0.25) is 0 Å². The molecule has 0 radical (unpaired) electrons. The molecule has 0 fully saturated rings. The molecular weight excluding hydrogens is 696 g/mol. The van der Waals surface area contributed by atoms with Crippen LogP contribution in [-0.2, 0) is 100 Å². The van der Waals surface area contributed by atoms with Gasteiger partial charge in [-0.2, -0.15) is 0 Å². The van der Waals surface area contributed by atoms with Crippen molar-refractivity contribution in [1.29, 1.82) is 0 Å². The van der Waals surface area contributed by atoms with Crippen LogP contribution in [0.5, 0.6) is 0 Å². The van der Waals surface area contributed by atoms with Crippen molar-refractivity contribution in [2.75, 3.05) is 13.2 Å². The van der Waals surface area contributed by atoms with Crippen LogP contribution in [0.25, 0.3) is 0 Å². The van der Waals surface area contributed by atoms with Gasteiger partial charge in [0.1, 0.15) is 19.3 Å². The van der Waals surface area contributed by atoms with E-state index in [0.717, 1.165) is 69.2 Å². The van der Waals surface area contributed by atoms with Crippen LogP contribution in [0.3, 0.4) is 0 Å². The van der Waals surface area contributed by atoms with Crippen molar-refractivity contribution in [2.45, 2.75) is 118 Å². The number of carbonyl (C=O) groups excluding carboxylic acids is 10. The molecule has 288 valence electrons. The molecule has 21 nitrogen and oxygen atoms in total. The summed E-state index contributed by atoms with van der Waals surface area (Å²) in [5.74, 6) is -10.7. The van der Waals surface area contributed by atoms with E-state index in [1.807, 2.05) is 0 Å². The van der Waals surface area contributed by atoms with Crippen LogP contribution in [0.1, 0.15) is 69.2 Å². The zero-order valence-corrected chi connectivity index (χ0v) is 29.6. The molecule has 0 amide bonds. The second-order valence-corrected chi connectivity index (χ2v) is 10.3. The summed E-state index contributed by atoms with van der Waals surface area (Å²) >= 11 is 0. The molecule has 51 heavy (non-hydrogen) atoms. The minimum Gasteiger partial charge on any atom is -0.463 e. The Labute approximate surface area is 291 Å². The predicted octanol–water partition coefficient (Wildman–Crippen LogP) is -0.502. The fraction of sp³-hybridized carbons (Fsp3) is 0.667. The smallest absolute Gasteiger partial charge is 0.305 e. The van der Waals surface area contributed by atoms with Crippen LogP contribution >= 0.6 is 0 Å². The number of rotatable bonds is 20. The van der Waals surface area contributed by atoms with Gasteiger partial charge in [-0.3, -0.25) is 47.9 Å². The second-order valence-electron chi connectivity index (χ2n) is 10.3. The fourth-order valence-corrected chi connectivity index (χ4v) is 4.04. The van der Waals surface area contributed by atoms with Crippen molar-refractivity contribution in [2.24, 2.45) is 0 Å². The van der Waals surface area contributed by atoms with Gasteiger partial charge in [0.2, 0.25) is 18.5 Å². The first-order valence-electron chi connectivity index (χ1n) is 14.8. The minimum atomic E-state index is -2.30. The van der Waals surface area contributed by atoms with Crippen molar-refractivity contribution < 1.29 is 100 Å². The average molecular weight is 739 g/mol. The molecule has 0 aliphatic heterocycles. The summed E-state index contributed by atoms with van der Waals surface area (Å²) in [4.78, 5) is 121. The van der Waals surface area contributed by atoms with Crippen molar-refractivity contribution in [3.05, 3.63) is 0 Å². The molecule has 0 aliphatic carbocycles.